The number of rotatable bonds is 5. The topological polar surface area (TPSA) is 21.3 Å². The molecule has 0 radical (unpaired) electrons. The van der Waals surface area contributed by atoms with Gasteiger partial charge in [-0.15, -0.1) is 0 Å². The molecule has 1 saturated carbocycles. The predicted molar refractivity (Wildman–Crippen MR) is 79.2 cm³/mol. The molecule has 0 bridgehead atoms. The molecule has 3 heteroatoms. The summed E-state index contributed by atoms with van der Waals surface area (Å²) < 4.78 is 6.32. The van der Waals surface area contributed by atoms with Crippen LogP contribution < -0.4 is 10.1 Å². The first-order valence-electron chi connectivity index (χ1n) is 6.78. The summed E-state index contributed by atoms with van der Waals surface area (Å²) in [6.07, 6.45) is 5.18. The predicted octanol–water partition coefficient (Wildman–Crippen LogP) is 3.78. The number of ether oxygens (including phenoxy) is 1. The Morgan fingerprint density at radius 2 is 2.22 bits per heavy atom. The Labute approximate surface area is 118 Å². The molecule has 2 rings (SSSR count). The first kappa shape index (κ1) is 13.9. The highest BCUT2D eigenvalue weighted by Crippen LogP contribution is 2.31. The highest BCUT2D eigenvalue weighted by Gasteiger charge is 2.23. The minimum absolute atomic E-state index is 0.738. The van der Waals surface area contributed by atoms with Crippen LogP contribution in [0.4, 0.5) is 0 Å². The fourth-order valence-corrected chi connectivity index (χ4v) is 3.49. The van der Waals surface area contributed by atoms with Crippen LogP contribution in [0.15, 0.2) is 22.7 Å². The molecule has 2 unspecified atom stereocenters. The van der Waals surface area contributed by atoms with Gasteiger partial charge in [-0.05, 0) is 71.8 Å². The van der Waals surface area contributed by atoms with E-state index in [0.717, 1.165) is 28.7 Å². The Bertz CT molecular complexity index is 394. The lowest BCUT2D eigenvalue weighted by Gasteiger charge is -2.13. The molecule has 0 aromatic heterocycles. The normalized spacial score (nSPS) is 23.3. The summed E-state index contributed by atoms with van der Waals surface area (Å²) >= 11 is 3.56. The van der Waals surface area contributed by atoms with Crippen molar-refractivity contribution in [2.24, 2.45) is 5.92 Å². The summed E-state index contributed by atoms with van der Waals surface area (Å²) in [4.78, 5) is 0. The molecule has 1 N–H and O–H groups in total. The van der Waals surface area contributed by atoms with Gasteiger partial charge in [-0.25, -0.2) is 0 Å². The van der Waals surface area contributed by atoms with Crippen molar-refractivity contribution in [3.05, 3.63) is 28.2 Å². The summed E-state index contributed by atoms with van der Waals surface area (Å²) in [7, 11) is 1.71. The second-order valence-electron chi connectivity index (χ2n) is 5.11. The molecule has 18 heavy (non-hydrogen) atoms. The van der Waals surface area contributed by atoms with Crippen LogP contribution in [-0.4, -0.2) is 19.7 Å². The SMILES string of the molecule is CCNC1CCC(Cc2ccc(OC)c(Br)c2)C1. The van der Waals surface area contributed by atoms with E-state index in [1.54, 1.807) is 7.11 Å². The van der Waals surface area contributed by atoms with Crippen molar-refractivity contribution in [1.29, 1.82) is 0 Å². The van der Waals surface area contributed by atoms with Gasteiger partial charge < -0.3 is 10.1 Å². The van der Waals surface area contributed by atoms with Gasteiger partial charge in [0.25, 0.3) is 0 Å². The van der Waals surface area contributed by atoms with E-state index in [1.807, 2.05) is 0 Å². The van der Waals surface area contributed by atoms with Gasteiger partial charge in [0.15, 0.2) is 0 Å². The van der Waals surface area contributed by atoms with Crippen molar-refractivity contribution in [1.82, 2.24) is 5.32 Å². The van der Waals surface area contributed by atoms with Gasteiger partial charge in [-0.2, -0.15) is 0 Å². The van der Waals surface area contributed by atoms with Crippen LogP contribution in [0.2, 0.25) is 0 Å². The van der Waals surface area contributed by atoms with E-state index < -0.39 is 0 Å². The second-order valence-corrected chi connectivity index (χ2v) is 5.96. The van der Waals surface area contributed by atoms with Crippen LogP contribution in [0.1, 0.15) is 31.7 Å². The van der Waals surface area contributed by atoms with Crippen molar-refractivity contribution in [3.8, 4) is 5.75 Å². The molecule has 1 aliphatic carbocycles. The lowest BCUT2D eigenvalue weighted by molar-refractivity contribution is 0.411. The average molecular weight is 312 g/mol. The summed E-state index contributed by atoms with van der Waals surface area (Å²) in [5.41, 5.74) is 1.41. The van der Waals surface area contributed by atoms with Crippen molar-refractivity contribution in [2.45, 2.75) is 38.6 Å². The van der Waals surface area contributed by atoms with Crippen LogP contribution >= 0.6 is 15.9 Å². The average Bonchev–Trinajstić information content (AvgIpc) is 2.77. The first-order valence-corrected chi connectivity index (χ1v) is 7.58. The molecule has 1 aliphatic rings. The van der Waals surface area contributed by atoms with Gasteiger partial charge >= 0.3 is 0 Å². The third-order valence-electron chi connectivity index (χ3n) is 3.77. The van der Waals surface area contributed by atoms with Gasteiger partial charge in [0, 0.05) is 6.04 Å². The van der Waals surface area contributed by atoms with Crippen LogP contribution in [0.5, 0.6) is 5.75 Å². The quantitative estimate of drug-likeness (QED) is 0.893. The van der Waals surface area contributed by atoms with Crippen LogP contribution in [0.25, 0.3) is 0 Å². The largest absolute Gasteiger partial charge is 0.496 e. The first-order chi connectivity index (χ1) is 8.72. The number of benzene rings is 1. The van der Waals surface area contributed by atoms with E-state index >= 15 is 0 Å². The molecule has 0 heterocycles. The number of halogens is 1. The maximum atomic E-state index is 5.26. The van der Waals surface area contributed by atoms with E-state index in [0.29, 0.717) is 0 Å². The van der Waals surface area contributed by atoms with Gasteiger partial charge in [0.05, 0.1) is 11.6 Å². The molecular formula is C15H22BrNO. The van der Waals surface area contributed by atoms with Crippen molar-refractivity contribution in [2.75, 3.05) is 13.7 Å². The molecule has 1 aromatic carbocycles. The Morgan fingerprint density at radius 1 is 1.39 bits per heavy atom. The molecule has 2 nitrogen and oxygen atoms in total. The molecule has 0 saturated heterocycles. The number of hydrogen-bond donors (Lipinski definition) is 1. The van der Waals surface area contributed by atoms with E-state index in [9.17, 15) is 0 Å². The fraction of sp³-hybridized carbons (Fsp3) is 0.600. The third-order valence-corrected chi connectivity index (χ3v) is 4.39. The minimum Gasteiger partial charge on any atom is -0.496 e. The highest BCUT2D eigenvalue weighted by molar-refractivity contribution is 9.10. The smallest absolute Gasteiger partial charge is 0.133 e. The van der Waals surface area contributed by atoms with Gasteiger partial charge in [0.2, 0.25) is 0 Å². The van der Waals surface area contributed by atoms with Crippen LogP contribution in [0.3, 0.4) is 0 Å². The molecule has 0 spiro atoms. The summed E-state index contributed by atoms with van der Waals surface area (Å²) in [6.45, 7) is 3.28. The van der Waals surface area contributed by atoms with E-state index in [2.05, 4.69) is 46.4 Å². The monoisotopic (exact) mass is 311 g/mol. The molecular weight excluding hydrogens is 290 g/mol. The highest BCUT2D eigenvalue weighted by atomic mass is 79.9. The Morgan fingerprint density at radius 3 is 2.89 bits per heavy atom. The lowest BCUT2D eigenvalue weighted by atomic mass is 9.98. The van der Waals surface area contributed by atoms with E-state index in [1.165, 1.54) is 31.2 Å². The summed E-state index contributed by atoms with van der Waals surface area (Å²) in [6, 6.07) is 7.17. The molecule has 1 fully saturated rings. The number of methoxy groups -OCH3 is 1. The standard InChI is InChI=1S/C15H22BrNO/c1-3-17-13-6-4-11(9-13)8-12-5-7-15(18-2)14(16)10-12/h5,7,10-11,13,17H,3-4,6,8-9H2,1-2H3. The summed E-state index contributed by atoms with van der Waals surface area (Å²) in [5.74, 6) is 1.74. The van der Waals surface area contributed by atoms with Gasteiger partial charge in [-0.1, -0.05) is 13.0 Å². The number of hydrogen-bond acceptors (Lipinski definition) is 2. The molecule has 0 amide bonds. The summed E-state index contributed by atoms with van der Waals surface area (Å²) in [5, 5.41) is 3.56. The van der Waals surface area contributed by atoms with E-state index in [-0.39, 0.29) is 0 Å². The van der Waals surface area contributed by atoms with Gasteiger partial charge in [0.1, 0.15) is 5.75 Å². The molecule has 100 valence electrons. The minimum atomic E-state index is 0.738. The third kappa shape index (κ3) is 3.48. The van der Waals surface area contributed by atoms with Crippen LogP contribution in [0, 0.1) is 5.92 Å². The Kier molecular flexibility index (Phi) is 5.07. The van der Waals surface area contributed by atoms with Crippen molar-refractivity contribution < 1.29 is 4.74 Å². The molecule has 2 atom stereocenters. The molecule has 1 aromatic rings. The Hall–Kier alpha value is -0.540. The van der Waals surface area contributed by atoms with Crippen molar-refractivity contribution in [3.63, 3.8) is 0 Å². The number of nitrogens with one attached hydrogen (secondary N) is 1. The maximum Gasteiger partial charge on any atom is 0.133 e. The molecule has 0 aliphatic heterocycles. The zero-order valence-corrected chi connectivity index (χ0v) is 12.8. The van der Waals surface area contributed by atoms with Crippen LogP contribution in [-0.2, 0) is 6.42 Å². The Balaban J connectivity index is 1.92. The van der Waals surface area contributed by atoms with Gasteiger partial charge in [-0.3, -0.25) is 0 Å². The van der Waals surface area contributed by atoms with E-state index in [4.69, 9.17) is 4.74 Å². The van der Waals surface area contributed by atoms with Crippen molar-refractivity contribution >= 4 is 15.9 Å². The maximum absolute atomic E-state index is 5.26. The second kappa shape index (κ2) is 6.58. The fourth-order valence-electron chi connectivity index (χ4n) is 2.90. The zero-order chi connectivity index (χ0) is 13.0. The zero-order valence-electron chi connectivity index (χ0n) is 11.2. The lowest BCUT2D eigenvalue weighted by Crippen LogP contribution is -2.25.